The van der Waals surface area contributed by atoms with Gasteiger partial charge in [-0.3, -0.25) is 4.79 Å². The van der Waals surface area contributed by atoms with Gasteiger partial charge in [0, 0.05) is 6.04 Å². The summed E-state index contributed by atoms with van der Waals surface area (Å²) in [4.78, 5) is 10.9. The van der Waals surface area contributed by atoms with E-state index >= 15 is 0 Å². The number of ether oxygens (including phenoxy) is 1. The van der Waals surface area contributed by atoms with E-state index in [0.29, 0.717) is 0 Å². The first kappa shape index (κ1) is 7.28. The normalized spacial score (nSPS) is 30.6. The van der Waals surface area contributed by atoms with Crippen molar-refractivity contribution in [3.05, 3.63) is 12.2 Å². The Hall–Kier alpha value is -0.830. The summed E-state index contributed by atoms with van der Waals surface area (Å²) in [6.07, 6.45) is 4.49. The Labute approximate surface area is 59.8 Å². The standard InChI is InChI=1S/C7H11NO2/c1-10-7(9)5-3-2-4-6(5)8/h2-3,5-6H,4,8H2,1H3. The second-order valence-corrected chi connectivity index (χ2v) is 2.38. The minimum Gasteiger partial charge on any atom is -0.469 e. The van der Waals surface area contributed by atoms with Crippen molar-refractivity contribution in [3.8, 4) is 0 Å². The highest BCUT2D eigenvalue weighted by atomic mass is 16.5. The molecule has 0 fully saturated rings. The van der Waals surface area contributed by atoms with E-state index in [1.54, 1.807) is 6.08 Å². The summed E-state index contributed by atoms with van der Waals surface area (Å²) < 4.78 is 4.53. The highest BCUT2D eigenvalue weighted by Crippen LogP contribution is 2.16. The Balaban J connectivity index is 2.55. The van der Waals surface area contributed by atoms with Crippen LogP contribution in [0.25, 0.3) is 0 Å². The fourth-order valence-electron chi connectivity index (χ4n) is 1.06. The van der Waals surface area contributed by atoms with Crippen LogP contribution in [-0.4, -0.2) is 19.1 Å². The van der Waals surface area contributed by atoms with Crippen LogP contribution in [0.2, 0.25) is 0 Å². The molecule has 1 rings (SSSR count). The molecule has 0 saturated heterocycles. The SMILES string of the molecule is COC(=O)C1C=CCC1N. The van der Waals surface area contributed by atoms with Gasteiger partial charge in [0.1, 0.15) is 0 Å². The molecule has 2 unspecified atom stereocenters. The van der Waals surface area contributed by atoms with E-state index in [0.717, 1.165) is 6.42 Å². The first-order valence-electron chi connectivity index (χ1n) is 3.26. The Morgan fingerprint density at radius 2 is 2.50 bits per heavy atom. The number of carbonyl (C=O) groups excluding carboxylic acids is 1. The fourth-order valence-corrected chi connectivity index (χ4v) is 1.06. The minimum atomic E-state index is -0.235. The number of hydrogen-bond acceptors (Lipinski definition) is 3. The first-order valence-corrected chi connectivity index (χ1v) is 3.26. The van der Waals surface area contributed by atoms with Crippen LogP contribution in [0.4, 0.5) is 0 Å². The third kappa shape index (κ3) is 1.19. The number of esters is 1. The molecule has 0 radical (unpaired) electrons. The van der Waals surface area contributed by atoms with Crippen LogP contribution in [0.15, 0.2) is 12.2 Å². The van der Waals surface area contributed by atoms with E-state index in [2.05, 4.69) is 4.74 Å². The highest BCUT2D eigenvalue weighted by molar-refractivity contribution is 5.75. The zero-order valence-electron chi connectivity index (χ0n) is 5.91. The Bertz CT molecular complexity index is 165. The van der Waals surface area contributed by atoms with Gasteiger partial charge in [0.15, 0.2) is 0 Å². The number of rotatable bonds is 1. The largest absolute Gasteiger partial charge is 0.469 e. The van der Waals surface area contributed by atoms with Crippen molar-refractivity contribution in [1.82, 2.24) is 0 Å². The summed E-state index contributed by atoms with van der Waals surface area (Å²) in [5, 5.41) is 0. The molecule has 3 heteroatoms. The van der Waals surface area contributed by atoms with Crippen molar-refractivity contribution in [2.24, 2.45) is 11.7 Å². The minimum absolute atomic E-state index is 0.0764. The molecule has 0 saturated carbocycles. The fraction of sp³-hybridized carbons (Fsp3) is 0.571. The summed E-state index contributed by atoms with van der Waals surface area (Å²) in [5.41, 5.74) is 5.59. The molecule has 10 heavy (non-hydrogen) atoms. The van der Waals surface area contributed by atoms with Crippen molar-refractivity contribution in [2.75, 3.05) is 7.11 Å². The lowest BCUT2D eigenvalue weighted by Gasteiger charge is -2.10. The maximum atomic E-state index is 10.9. The van der Waals surface area contributed by atoms with Crippen molar-refractivity contribution in [2.45, 2.75) is 12.5 Å². The van der Waals surface area contributed by atoms with Crippen molar-refractivity contribution in [3.63, 3.8) is 0 Å². The molecule has 56 valence electrons. The van der Waals surface area contributed by atoms with Crippen LogP contribution >= 0.6 is 0 Å². The number of nitrogens with two attached hydrogens (primary N) is 1. The molecule has 0 heterocycles. The molecule has 0 aliphatic heterocycles. The van der Waals surface area contributed by atoms with E-state index in [9.17, 15) is 4.79 Å². The van der Waals surface area contributed by atoms with Crippen LogP contribution in [0.5, 0.6) is 0 Å². The summed E-state index contributed by atoms with van der Waals surface area (Å²) in [6, 6.07) is -0.0764. The monoisotopic (exact) mass is 141 g/mol. The third-order valence-electron chi connectivity index (χ3n) is 1.69. The summed E-state index contributed by atoms with van der Waals surface area (Å²) >= 11 is 0. The van der Waals surface area contributed by atoms with Gasteiger partial charge in [0.25, 0.3) is 0 Å². The quantitative estimate of drug-likeness (QED) is 0.415. The summed E-state index contributed by atoms with van der Waals surface area (Å²) in [6.45, 7) is 0. The van der Waals surface area contributed by atoms with Crippen molar-refractivity contribution in [1.29, 1.82) is 0 Å². The molecule has 1 aliphatic carbocycles. The average Bonchev–Trinajstić information content (AvgIpc) is 2.34. The van der Waals surface area contributed by atoms with Crippen molar-refractivity contribution >= 4 is 5.97 Å². The van der Waals surface area contributed by atoms with Gasteiger partial charge < -0.3 is 10.5 Å². The Morgan fingerprint density at radius 1 is 1.80 bits per heavy atom. The average molecular weight is 141 g/mol. The van der Waals surface area contributed by atoms with E-state index < -0.39 is 0 Å². The first-order chi connectivity index (χ1) is 4.75. The second kappa shape index (κ2) is 2.84. The van der Waals surface area contributed by atoms with Gasteiger partial charge in [-0.2, -0.15) is 0 Å². The summed E-state index contributed by atoms with van der Waals surface area (Å²) in [7, 11) is 1.38. The smallest absolute Gasteiger partial charge is 0.314 e. The number of methoxy groups -OCH3 is 1. The number of carbonyl (C=O) groups is 1. The molecule has 0 bridgehead atoms. The van der Waals surface area contributed by atoms with Gasteiger partial charge >= 0.3 is 5.97 Å². The van der Waals surface area contributed by atoms with E-state index in [1.165, 1.54) is 7.11 Å². The predicted octanol–water partition coefficient (Wildman–Crippen LogP) is 0.0628. The zero-order chi connectivity index (χ0) is 7.56. The van der Waals surface area contributed by atoms with E-state index in [4.69, 9.17) is 5.73 Å². The Kier molecular flexibility index (Phi) is 2.06. The van der Waals surface area contributed by atoms with Crippen molar-refractivity contribution < 1.29 is 9.53 Å². The number of hydrogen-bond donors (Lipinski definition) is 1. The highest BCUT2D eigenvalue weighted by Gasteiger charge is 2.26. The maximum absolute atomic E-state index is 10.9. The molecule has 0 aromatic carbocycles. The molecule has 0 spiro atoms. The zero-order valence-corrected chi connectivity index (χ0v) is 5.91. The Morgan fingerprint density at radius 3 is 2.90 bits per heavy atom. The lowest BCUT2D eigenvalue weighted by molar-refractivity contribution is -0.144. The van der Waals surface area contributed by atoms with E-state index in [1.807, 2.05) is 6.08 Å². The van der Waals surface area contributed by atoms with Crippen LogP contribution in [0, 0.1) is 5.92 Å². The van der Waals surface area contributed by atoms with Crippen LogP contribution in [-0.2, 0) is 9.53 Å². The van der Waals surface area contributed by atoms with Crippen LogP contribution in [0.1, 0.15) is 6.42 Å². The lowest BCUT2D eigenvalue weighted by Crippen LogP contribution is -2.31. The van der Waals surface area contributed by atoms with Crippen LogP contribution in [0.3, 0.4) is 0 Å². The topological polar surface area (TPSA) is 52.3 Å². The molecule has 0 amide bonds. The lowest BCUT2D eigenvalue weighted by atomic mass is 10.1. The summed E-state index contributed by atoms with van der Waals surface area (Å²) in [5.74, 6) is -0.453. The van der Waals surface area contributed by atoms with Gasteiger partial charge in [-0.05, 0) is 6.42 Å². The van der Waals surface area contributed by atoms with Gasteiger partial charge in [-0.1, -0.05) is 12.2 Å². The van der Waals surface area contributed by atoms with Gasteiger partial charge in [-0.25, -0.2) is 0 Å². The second-order valence-electron chi connectivity index (χ2n) is 2.38. The molecule has 0 aromatic rings. The molecule has 0 aromatic heterocycles. The molecule has 2 N–H and O–H groups in total. The van der Waals surface area contributed by atoms with E-state index in [-0.39, 0.29) is 17.9 Å². The third-order valence-corrected chi connectivity index (χ3v) is 1.69. The molecule has 1 aliphatic rings. The van der Waals surface area contributed by atoms with Gasteiger partial charge in [0.2, 0.25) is 0 Å². The van der Waals surface area contributed by atoms with Crippen LogP contribution < -0.4 is 5.73 Å². The molecular weight excluding hydrogens is 130 g/mol. The van der Waals surface area contributed by atoms with Gasteiger partial charge in [-0.15, -0.1) is 0 Å². The predicted molar refractivity (Wildman–Crippen MR) is 37.2 cm³/mol. The molecule has 3 nitrogen and oxygen atoms in total. The van der Waals surface area contributed by atoms with Gasteiger partial charge in [0.05, 0.1) is 13.0 Å². The molecular formula is C7H11NO2. The molecule has 2 atom stereocenters. The maximum Gasteiger partial charge on any atom is 0.314 e.